The van der Waals surface area contributed by atoms with Crippen molar-refractivity contribution in [3.8, 4) is 0 Å². The summed E-state index contributed by atoms with van der Waals surface area (Å²) in [5.74, 6) is 0. The molecule has 0 aromatic heterocycles. The highest BCUT2D eigenvalue weighted by atomic mass is 79.9. The van der Waals surface area contributed by atoms with Gasteiger partial charge in [-0.25, -0.2) is 0 Å². The van der Waals surface area contributed by atoms with E-state index in [0.29, 0.717) is 9.50 Å². The summed E-state index contributed by atoms with van der Waals surface area (Å²) in [6.45, 7) is 0.197. The molecule has 2 aromatic rings. The van der Waals surface area contributed by atoms with E-state index in [1.807, 2.05) is 0 Å². The second kappa shape index (κ2) is 6.46. The number of hydrogen-bond acceptors (Lipinski definition) is 1. The van der Waals surface area contributed by atoms with E-state index in [2.05, 4.69) is 21.2 Å². The van der Waals surface area contributed by atoms with Gasteiger partial charge in [0.15, 0.2) is 0 Å². The molecule has 0 unspecified atom stereocenters. The second-order valence-corrected chi connectivity index (χ2v) is 5.93. The maximum atomic E-state index is 12.9. The monoisotopic (exact) mass is 397 g/mol. The molecule has 0 saturated carbocycles. The number of para-hydroxylation sites is 1. The van der Waals surface area contributed by atoms with Gasteiger partial charge in [0.1, 0.15) is 0 Å². The lowest BCUT2D eigenvalue weighted by Crippen LogP contribution is -2.11. The SMILES string of the molecule is FC(F)(F)c1cccc(Cl)c1NCc1ccc(Cl)c(Br)c1. The third-order valence-corrected chi connectivity index (χ3v) is 4.30. The Labute approximate surface area is 138 Å². The van der Waals surface area contributed by atoms with Gasteiger partial charge in [0.2, 0.25) is 0 Å². The summed E-state index contributed by atoms with van der Waals surface area (Å²) < 4.78 is 39.5. The van der Waals surface area contributed by atoms with Crippen LogP contribution in [-0.4, -0.2) is 0 Å². The van der Waals surface area contributed by atoms with Crippen molar-refractivity contribution in [2.24, 2.45) is 0 Å². The van der Waals surface area contributed by atoms with Crippen molar-refractivity contribution in [2.45, 2.75) is 12.7 Å². The minimum atomic E-state index is -4.46. The number of rotatable bonds is 3. The van der Waals surface area contributed by atoms with Gasteiger partial charge in [0.05, 0.1) is 21.3 Å². The zero-order chi connectivity index (χ0) is 15.6. The van der Waals surface area contributed by atoms with E-state index in [-0.39, 0.29) is 17.3 Å². The third kappa shape index (κ3) is 4.05. The topological polar surface area (TPSA) is 12.0 Å². The molecule has 0 aliphatic heterocycles. The molecule has 2 aromatic carbocycles. The fourth-order valence-corrected chi connectivity index (χ4v) is 2.57. The molecule has 1 N–H and O–H groups in total. The van der Waals surface area contributed by atoms with Crippen molar-refractivity contribution in [3.05, 3.63) is 62.0 Å². The van der Waals surface area contributed by atoms with E-state index in [9.17, 15) is 13.2 Å². The van der Waals surface area contributed by atoms with Gasteiger partial charge in [-0.3, -0.25) is 0 Å². The molecular weight excluding hydrogens is 390 g/mol. The van der Waals surface area contributed by atoms with Crippen molar-refractivity contribution in [2.75, 3.05) is 5.32 Å². The highest BCUT2D eigenvalue weighted by Crippen LogP contribution is 2.38. The first kappa shape index (κ1) is 16.5. The van der Waals surface area contributed by atoms with Crippen molar-refractivity contribution >= 4 is 44.8 Å². The molecule has 0 fully saturated rings. The fourth-order valence-electron chi connectivity index (χ4n) is 1.78. The minimum Gasteiger partial charge on any atom is -0.379 e. The Hall–Kier alpha value is -0.910. The molecule has 0 saturated heterocycles. The molecule has 0 aliphatic rings. The summed E-state index contributed by atoms with van der Waals surface area (Å²) in [6, 6.07) is 8.81. The van der Waals surface area contributed by atoms with Crippen molar-refractivity contribution < 1.29 is 13.2 Å². The first-order chi connectivity index (χ1) is 9.79. The van der Waals surface area contributed by atoms with Crippen LogP contribution >= 0.6 is 39.1 Å². The first-order valence-corrected chi connectivity index (χ1v) is 7.37. The molecule has 1 nitrogen and oxygen atoms in total. The predicted molar refractivity (Wildman–Crippen MR) is 82.9 cm³/mol. The summed E-state index contributed by atoms with van der Waals surface area (Å²) in [6.07, 6.45) is -4.46. The number of alkyl halides is 3. The Morgan fingerprint density at radius 3 is 2.38 bits per heavy atom. The molecule has 21 heavy (non-hydrogen) atoms. The average Bonchev–Trinajstić information content (AvgIpc) is 2.40. The summed E-state index contributed by atoms with van der Waals surface area (Å²) >= 11 is 15.0. The largest absolute Gasteiger partial charge is 0.418 e. The lowest BCUT2D eigenvalue weighted by molar-refractivity contribution is -0.136. The van der Waals surface area contributed by atoms with Crippen LogP contribution in [0.3, 0.4) is 0 Å². The molecule has 112 valence electrons. The highest BCUT2D eigenvalue weighted by molar-refractivity contribution is 9.10. The van der Waals surface area contributed by atoms with E-state index < -0.39 is 11.7 Å². The highest BCUT2D eigenvalue weighted by Gasteiger charge is 2.34. The van der Waals surface area contributed by atoms with Crippen molar-refractivity contribution in [3.63, 3.8) is 0 Å². The Balaban J connectivity index is 2.25. The molecule has 0 atom stereocenters. The molecule has 7 heteroatoms. The molecule has 0 aliphatic carbocycles. The quantitative estimate of drug-likeness (QED) is 0.631. The van der Waals surface area contributed by atoms with Gasteiger partial charge in [-0.05, 0) is 45.8 Å². The van der Waals surface area contributed by atoms with Gasteiger partial charge in [-0.15, -0.1) is 0 Å². The van der Waals surface area contributed by atoms with Crippen molar-refractivity contribution in [1.82, 2.24) is 0 Å². The Bertz CT molecular complexity index is 659. The second-order valence-electron chi connectivity index (χ2n) is 4.26. The number of nitrogens with one attached hydrogen (secondary N) is 1. The Morgan fingerprint density at radius 1 is 1.05 bits per heavy atom. The summed E-state index contributed by atoms with van der Waals surface area (Å²) in [4.78, 5) is 0. The van der Waals surface area contributed by atoms with Gasteiger partial charge < -0.3 is 5.32 Å². The minimum absolute atomic E-state index is 0.0258. The van der Waals surface area contributed by atoms with Crippen LogP contribution in [0.5, 0.6) is 0 Å². The zero-order valence-electron chi connectivity index (χ0n) is 10.4. The lowest BCUT2D eigenvalue weighted by atomic mass is 10.1. The van der Waals surface area contributed by atoms with Crippen LogP contribution in [0.25, 0.3) is 0 Å². The number of anilines is 1. The van der Waals surface area contributed by atoms with E-state index in [1.165, 1.54) is 12.1 Å². The maximum Gasteiger partial charge on any atom is 0.418 e. The molecule has 0 radical (unpaired) electrons. The number of benzene rings is 2. The predicted octanol–water partition coefficient (Wildman–Crippen LogP) is 6.39. The Kier molecular flexibility index (Phi) is 5.07. The number of hydrogen-bond donors (Lipinski definition) is 1. The smallest absolute Gasteiger partial charge is 0.379 e. The Morgan fingerprint density at radius 2 is 1.76 bits per heavy atom. The standard InChI is InChI=1S/C14H9BrCl2F3N/c15-10-6-8(4-5-11(10)16)7-21-13-9(14(18,19)20)2-1-3-12(13)17/h1-6,21H,7H2. The van der Waals surface area contributed by atoms with Crippen LogP contribution in [0, 0.1) is 0 Å². The van der Waals surface area contributed by atoms with Crippen molar-refractivity contribution in [1.29, 1.82) is 0 Å². The van der Waals surface area contributed by atoms with Gasteiger partial charge in [0, 0.05) is 11.0 Å². The van der Waals surface area contributed by atoms with Crippen LogP contribution in [0.15, 0.2) is 40.9 Å². The normalized spacial score (nSPS) is 11.5. The molecule has 0 heterocycles. The van der Waals surface area contributed by atoms with Crippen LogP contribution in [0.4, 0.5) is 18.9 Å². The van der Waals surface area contributed by atoms with Crippen LogP contribution in [-0.2, 0) is 12.7 Å². The van der Waals surface area contributed by atoms with Gasteiger partial charge in [-0.2, -0.15) is 13.2 Å². The van der Waals surface area contributed by atoms with Crippen LogP contribution < -0.4 is 5.32 Å². The third-order valence-electron chi connectivity index (χ3n) is 2.77. The van der Waals surface area contributed by atoms with E-state index in [0.717, 1.165) is 11.6 Å². The van der Waals surface area contributed by atoms with Gasteiger partial charge in [0.25, 0.3) is 0 Å². The van der Waals surface area contributed by atoms with Gasteiger partial charge >= 0.3 is 6.18 Å². The maximum absolute atomic E-state index is 12.9. The zero-order valence-corrected chi connectivity index (χ0v) is 13.5. The first-order valence-electron chi connectivity index (χ1n) is 5.82. The summed E-state index contributed by atoms with van der Waals surface area (Å²) in [7, 11) is 0. The fraction of sp³-hybridized carbons (Fsp3) is 0.143. The molecule has 0 bridgehead atoms. The van der Waals surface area contributed by atoms with E-state index >= 15 is 0 Å². The van der Waals surface area contributed by atoms with Crippen LogP contribution in [0.2, 0.25) is 10.0 Å². The van der Waals surface area contributed by atoms with Gasteiger partial charge in [-0.1, -0.05) is 35.3 Å². The summed E-state index contributed by atoms with van der Waals surface area (Å²) in [5, 5.41) is 3.30. The molecule has 2 rings (SSSR count). The molecule has 0 amide bonds. The molecular formula is C14H9BrCl2F3N. The number of halogens is 6. The summed E-state index contributed by atoms with van der Waals surface area (Å²) in [5.41, 5.74) is -0.139. The lowest BCUT2D eigenvalue weighted by Gasteiger charge is -2.16. The van der Waals surface area contributed by atoms with E-state index in [1.54, 1.807) is 18.2 Å². The average molecular weight is 399 g/mol. The van der Waals surface area contributed by atoms with E-state index in [4.69, 9.17) is 23.2 Å². The van der Waals surface area contributed by atoms with Crippen LogP contribution in [0.1, 0.15) is 11.1 Å². The molecule has 0 spiro atoms.